The Morgan fingerprint density at radius 1 is 1.15 bits per heavy atom. The summed E-state index contributed by atoms with van der Waals surface area (Å²) in [5.74, 6) is 1.98. The van der Waals surface area contributed by atoms with Crippen LogP contribution < -0.4 is 0 Å². The Bertz CT molecular complexity index is 685. The smallest absolute Gasteiger partial charge is 0.302 e. The van der Waals surface area contributed by atoms with Crippen molar-refractivity contribution in [2.75, 3.05) is 0 Å². The van der Waals surface area contributed by atoms with E-state index in [0.29, 0.717) is 17.8 Å². The van der Waals surface area contributed by atoms with E-state index in [4.69, 9.17) is 16.3 Å². The number of rotatable bonds is 2. The second kappa shape index (κ2) is 6.61. The Labute approximate surface area is 168 Å². The Hall–Kier alpha value is -0.830. The first kappa shape index (κ1) is 19.5. The van der Waals surface area contributed by atoms with Gasteiger partial charge >= 0.3 is 5.97 Å². The monoisotopic (exact) mass is 392 g/mol. The lowest BCUT2D eigenvalue weighted by atomic mass is 9.47. The van der Waals surface area contributed by atoms with Gasteiger partial charge in [-0.25, -0.2) is 0 Å². The number of allylic oxidation sites excluding steroid dienone is 1. The maximum absolute atomic E-state index is 12.4. The van der Waals surface area contributed by atoms with Gasteiger partial charge in [-0.05, 0) is 74.0 Å². The lowest BCUT2D eigenvalue weighted by Crippen LogP contribution is -2.51. The molecule has 3 saturated carbocycles. The van der Waals surface area contributed by atoms with Gasteiger partial charge in [-0.15, -0.1) is 11.6 Å². The summed E-state index contributed by atoms with van der Waals surface area (Å²) in [6.07, 6.45) is 9.85. The average molecular weight is 393 g/mol. The summed E-state index contributed by atoms with van der Waals surface area (Å²) in [6, 6.07) is 0. The number of carbonyl (C=O) groups is 2. The zero-order valence-electron chi connectivity index (χ0n) is 17.1. The fraction of sp³-hybridized carbons (Fsp3) is 0.826. The highest BCUT2D eigenvalue weighted by Gasteiger charge is 2.61. The highest BCUT2D eigenvalue weighted by molar-refractivity contribution is 6.22. The highest BCUT2D eigenvalue weighted by Crippen LogP contribution is 2.67. The molecular formula is C23H33ClO3. The number of esters is 1. The molecule has 4 aliphatic carbocycles. The number of alkyl halides is 1. The second-order valence-electron chi connectivity index (χ2n) is 10.1. The van der Waals surface area contributed by atoms with E-state index < -0.39 is 0 Å². The lowest BCUT2D eigenvalue weighted by Gasteiger charge is -2.57. The number of ether oxygens (including phenoxy) is 1. The van der Waals surface area contributed by atoms with Crippen molar-refractivity contribution in [2.24, 2.45) is 34.5 Å². The summed E-state index contributed by atoms with van der Waals surface area (Å²) in [6.45, 7) is 8.02. The number of hydrogen-bond donors (Lipinski definition) is 0. The van der Waals surface area contributed by atoms with Crippen LogP contribution in [0.5, 0.6) is 0 Å². The molecular weight excluding hydrogens is 360 g/mol. The summed E-state index contributed by atoms with van der Waals surface area (Å²) in [4.78, 5) is 23.7. The van der Waals surface area contributed by atoms with Crippen LogP contribution in [0.4, 0.5) is 0 Å². The largest absolute Gasteiger partial charge is 0.462 e. The molecule has 0 saturated heterocycles. The van der Waals surface area contributed by atoms with Crippen LogP contribution in [-0.4, -0.2) is 23.2 Å². The topological polar surface area (TPSA) is 43.4 Å². The summed E-state index contributed by atoms with van der Waals surface area (Å²) >= 11 is 6.72. The molecule has 8 atom stereocenters. The van der Waals surface area contributed by atoms with Crippen LogP contribution in [0, 0.1) is 34.5 Å². The molecule has 4 aliphatic rings. The van der Waals surface area contributed by atoms with Crippen molar-refractivity contribution in [1.82, 2.24) is 0 Å². The fourth-order valence-corrected chi connectivity index (χ4v) is 8.31. The average Bonchev–Trinajstić information content (AvgIpc) is 2.85. The highest BCUT2D eigenvalue weighted by atomic mass is 35.5. The van der Waals surface area contributed by atoms with E-state index in [-0.39, 0.29) is 40.0 Å². The fourth-order valence-electron chi connectivity index (χ4n) is 7.65. The Morgan fingerprint density at radius 3 is 2.56 bits per heavy atom. The van der Waals surface area contributed by atoms with E-state index in [1.807, 2.05) is 0 Å². The van der Waals surface area contributed by atoms with Crippen molar-refractivity contribution in [1.29, 1.82) is 0 Å². The molecule has 0 aromatic heterocycles. The van der Waals surface area contributed by atoms with Crippen LogP contribution >= 0.6 is 11.6 Å². The molecule has 0 aromatic rings. The van der Waals surface area contributed by atoms with Gasteiger partial charge in [-0.1, -0.05) is 25.5 Å². The number of fused-ring (bicyclic) bond motifs is 5. The molecule has 0 heterocycles. The Kier molecular flexibility index (Phi) is 4.77. The van der Waals surface area contributed by atoms with E-state index in [1.165, 1.54) is 18.9 Å². The van der Waals surface area contributed by atoms with Crippen molar-refractivity contribution >= 4 is 23.4 Å². The molecule has 4 heteroatoms. The van der Waals surface area contributed by atoms with Crippen molar-refractivity contribution in [2.45, 2.75) is 84.1 Å². The molecule has 0 N–H and O–H groups in total. The van der Waals surface area contributed by atoms with Gasteiger partial charge in [0.15, 0.2) is 0 Å². The summed E-state index contributed by atoms with van der Waals surface area (Å²) in [5, 5.41) is -0.00543. The minimum Gasteiger partial charge on any atom is -0.462 e. The standard InChI is InChI=1S/C23H33ClO3/c1-13(25)21-20(24)12-19-17-6-5-15-11-16(27-14(2)26)7-9-22(15,3)18(17)8-10-23(19,21)4/h5,16-21H,6-12H2,1-4H3/t16-,17-,18+,19-,20+,21+,22-,23-/m0/s1. The number of halogens is 1. The third-order valence-corrected chi connectivity index (χ3v) is 9.25. The van der Waals surface area contributed by atoms with E-state index in [9.17, 15) is 9.59 Å². The van der Waals surface area contributed by atoms with Crippen LogP contribution in [0.1, 0.15) is 72.6 Å². The summed E-state index contributed by atoms with van der Waals surface area (Å²) < 4.78 is 5.53. The molecule has 0 aromatic carbocycles. The van der Waals surface area contributed by atoms with Gasteiger partial charge in [-0.2, -0.15) is 0 Å². The van der Waals surface area contributed by atoms with Crippen LogP contribution in [-0.2, 0) is 14.3 Å². The van der Waals surface area contributed by atoms with Crippen LogP contribution in [0.25, 0.3) is 0 Å². The molecule has 0 bridgehead atoms. The SMILES string of the molecule is CC(=O)O[C@H]1CC[C@@]2(C)C(=CC[C@H]3[C@H]2CC[C@]2(C)[C@H](C(C)=O)[C@H](Cl)C[C@@H]32)C1. The predicted octanol–water partition coefficient (Wildman–Crippen LogP) is 5.30. The summed E-state index contributed by atoms with van der Waals surface area (Å²) in [7, 11) is 0. The molecule has 3 fully saturated rings. The minimum absolute atomic E-state index is 0.00543. The zero-order chi connectivity index (χ0) is 19.6. The maximum atomic E-state index is 12.4. The Morgan fingerprint density at radius 2 is 1.89 bits per heavy atom. The van der Waals surface area contributed by atoms with Crippen LogP contribution in [0.15, 0.2) is 11.6 Å². The number of carbonyl (C=O) groups excluding carboxylic acids is 2. The molecule has 4 rings (SSSR count). The molecule has 0 amide bonds. The quantitative estimate of drug-likeness (QED) is 0.363. The van der Waals surface area contributed by atoms with Gasteiger partial charge in [0, 0.05) is 24.6 Å². The van der Waals surface area contributed by atoms with Crippen molar-refractivity contribution in [3.63, 3.8) is 0 Å². The first-order chi connectivity index (χ1) is 12.7. The molecule has 3 nitrogen and oxygen atoms in total. The molecule has 0 spiro atoms. The van der Waals surface area contributed by atoms with Gasteiger partial charge in [0.1, 0.15) is 11.9 Å². The minimum atomic E-state index is -0.166. The Balaban J connectivity index is 1.61. The van der Waals surface area contributed by atoms with Gasteiger partial charge in [0.05, 0.1) is 0 Å². The molecule has 150 valence electrons. The van der Waals surface area contributed by atoms with Crippen LogP contribution in [0.2, 0.25) is 0 Å². The lowest BCUT2D eigenvalue weighted by molar-refractivity contribution is -0.149. The second-order valence-corrected chi connectivity index (χ2v) is 10.7. The normalized spacial score (nSPS) is 48.7. The molecule has 0 aliphatic heterocycles. The third kappa shape index (κ3) is 2.91. The molecule has 0 unspecified atom stereocenters. The van der Waals surface area contributed by atoms with E-state index in [0.717, 1.165) is 38.5 Å². The van der Waals surface area contributed by atoms with Crippen molar-refractivity contribution < 1.29 is 14.3 Å². The van der Waals surface area contributed by atoms with E-state index in [1.54, 1.807) is 6.92 Å². The van der Waals surface area contributed by atoms with Gasteiger partial charge in [0.25, 0.3) is 0 Å². The van der Waals surface area contributed by atoms with Gasteiger partial charge in [0.2, 0.25) is 0 Å². The number of Topliss-reactive ketones (excluding diaryl/α,β-unsaturated/α-hetero) is 1. The first-order valence-electron chi connectivity index (χ1n) is 10.7. The van der Waals surface area contributed by atoms with Gasteiger partial charge in [-0.3, -0.25) is 9.59 Å². The number of hydrogen-bond acceptors (Lipinski definition) is 3. The van der Waals surface area contributed by atoms with E-state index >= 15 is 0 Å². The molecule has 0 radical (unpaired) electrons. The molecule has 27 heavy (non-hydrogen) atoms. The van der Waals surface area contributed by atoms with Crippen LogP contribution in [0.3, 0.4) is 0 Å². The van der Waals surface area contributed by atoms with E-state index in [2.05, 4.69) is 19.9 Å². The third-order valence-electron chi connectivity index (χ3n) is 8.82. The maximum Gasteiger partial charge on any atom is 0.302 e. The van der Waals surface area contributed by atoms with Crippen molar-refractivity contribution in [3.05, 3.63) is 11.6 Å². The predicted molar refractivity (Wildman–Crippen MR) is 106 cm³/mol. The van der Waals surface area contributed by atoms with Gasteiger partial charge < -0.3 is 4.74 Å². The zero-order valence-corrected chi connectivity index (χ0v) is 17.8. The number of ketones is 1. The summed E-state index contributed by atoms with van der Waals surface area (Å²) in [5.41, 5.74) is 1.79. The van der Waals surface area contributed by atoms with Crippen molar-refractivity contribution in [3.8, 4) is 0 Å². The first-order valence-corrected chi connectivity index (χ1v) is 11.1.